The summed E-state index contributed by atoms with van der Waals surface area (Å²) in [4.78, 5) is 38.0. The Bertz CT molecular complexity index is 393. The predicted molar refractivity (Wildman–Crippen MR) is 70.6 cm³/mol. The summed E-state index contributed by atoms with van der Waals surface area (Å²) in [6.45, 7) is 2.42. The van der Waals surface area contributed by atoms with Crippen molar-refractivity contribution < 1.29 is 19.5 Å². The van der Waals surface area contributed by atoms with Crippen LogP contribution in [0.2, 0.25) is 0 Å². The first-order chi connectivity index (χ1) is 9.00. The quantitative estimate of drug-likeness (QED) is 0.786. The van der Waals surface area contributed by atoms with Crippen molar-refractivity contribution in [1.29, 1.82) is 0 Å². The lowest BCUT2D eigenvalue weighted by molar-refractivity contribution is -0.148. The lowest BCUT2D eigenvalue weighted by Crippen LogP contribution is -2.51. The maximum absolute atomic E-state index is 12.4. The van der Waals surface area contributed by atoms with Gasteiger partial charge in [-0.3, -0.25) is 14.4 Å². The second kappa shape index (κ2) is 5.81. The van der Waals surface area contributed by atoms with E-state index in [4.69, 9.17) is 5.11 Å². The van der Waals surface area contributed by atoms with Crippen LogP contribution >= 0.6 is 11.8 Å². The minimum Gasteiger partial charge on any atom is -0.481 e. The maximum Gasteiger partial charge on any atom is 0.306 e. The van der Waals surface area contributed by atoms with E-state index in [1.54, 1.807) is 21.6 Å². The summed E-state index contributed by atoms with van der Waals surface area (Å²) >= 11 is 1.58. The molecule has 2 saturated heterocycles. The summed E-state index contributed by atoms with van der Waals surface area (Å²) in [6, 6.07) is -0.371. The zero-order valence-corrected chi connectivity index (χ0v) is 11.7. The van der Waals surface area contributed by atoms with E-state index in [0.717, 1.165) is 0 Å². The summed E-state index contributed by atoms with van der Waals surface area (Å²) in [5.74, 6) is -0.0400. The molecule has 0 saturated carbocycles. The summed E-state index contributed by atoms with van der Waals surface area (Å²) in [7, 11) is 0. The average Bonchev–Trinajstić information content (AvgIpc) is 2.87. The fourth-order valence-corrected chi connectivity index (χ4v) is 3.72. The molecule has 7 heteroatoms. The minimum atomic E-state index is -0.783. The molecule has 0 aromatic rings. The van der Waals surface area contributed by atoms with Crippen molar-refractivity contribution in [3.63, 3.8) is 0 Å². The van der Waals surface area contributed by atoms with Gasteiger partial charge in [-0.2, -0.15) is 0 Å². The van der Waals surface area contributed by atoms with Gasteiger partial charge >= 0.3 is 5.97 Å². The van der Waals surface area contributed by atoms with Gasteiger partial charge < -0.3 is 14.9 Å². The van der Waals surface area contributed by atoms with Crippen LogP contribution in [0.15, 0.2) is 0 Å². The summed E-state index contributed by atoms with van der Waals surface area (Å²) in [5.41, 5.74) is 0. The van der Waals surface area contributed by atoms with Gasteiger partial charge in [-0.05, 0) is 12.8 Å². The van der Waals surface area contributed by atoms with Crippen molar-refractivity contribution in [2.45, 2.75) is 25.8 Å². The van der Waals surface area contributed by atoms with Crippen molar-refractivity contribution in [2.75, 3.05) is 24.7 Å². The minimum absolute atomic E-state index is 0.0379. The lowest BCUT2D eigenvalue weighted by atomic mass is 9.96. The third-order valence-electron chi connectivity index (χ3n) is 3.73. The molecule has 6 nitrogen and oxygen atoms in total. The van der Waals surface area contributed by atoms with Gasteiger partial charge in [0.15, 0.2) is 0 Å². The molecule has 2 amide bonds. The number of rotatable bonds is 2. The number of likely N-dealkylation sites (tertiary alicyclic amines) is 1. The Morgan fingerprint density at radius 1 is 1.21 bits per heavy atom. The fourth-order valence-electron chi connectivity index (χ4n) is 2.52. The zero-order valence-electron chi connectivity index (χ0n) is 10.9. The largest absolute Gasteiger partial charge is 0.481 e. The van der Waals surface area contributed by atoms with E-state index in [2.05, 4.69) is 0 Å². The highest BCUT2D eigenvalue weighted by molar-refractivity contribution is 7.99. The normalized spacial score (nSPS) is 24.6. The van der Waals surface area contributed by atoms with E-state index in [9.17, 15) is 14.4 Å². The fraction of sp³-hybridized carbons (Fsp3) is 0.750. The molecule has 19 heavy (non-hydrogen) atoms. The van der Waals surface area contributed by atoms with Crippen molar-refractivity contribution in [2.24, 2.45) is 5.92 Å². The molecule has 0 aromatic carbocycles. The molecule has 1 N–H and O–H groups in total. The van der Waals surface area contributed by atoms with E-state index in [1.165, 1.54) is 6.92 Å². The number of hydrogen-bond donors (Lipinski definition) is 1. The number of carboxylic acid groups (broad SMARTS) is 1. The Hall–Kier alpha value is -1.24. The Morgan fingerprint density at radius 2 is 1.84 bits per heavy atom. The molecule has 0 aliphatic carbocycles. The number of aliphatic carboxylic acids is 1. The second-order valence-corrected chi connectivity index (χ2v) is 5.94. The number of hydrogen-bond acceptors (Lipinski definition) is 4. The highest BCUT2D eigenvalue weighted by Crippen LogP contribution is 2.25. The zero-order chi connectivity index (χ0) is 14.0. The van der Waals surface area contributed by atoms with Crippen LogP contribution < -0.4 is 0 Å². The number of piperidine rings is 1. The van der Waals surface area contributed by atoms with Crippen LogP contribution in [-0.2, 0) is 14.4 Å². The third kappa shape index (κ3) is 3.02. The monoisotopic (exact) mass is 286 g/mol. The average molecular weight is 286 g/mol. The second-order valence-electron chi connectivity index (χ2n) is 4.94. The number of amides is 2. The molecule has 1 unspecified atom stereocenters. The first kappa shape index (κ1) is 14.2. The Balaban J connectivity index is 1.94. The smallest absolute Gasteiger partial charge is 0.306 e. The first-order valence-electron chi connectivity index (χ1n) is 6.37. The summed E-state index contributed by atoms with van der Waals surface area (Å²) < 4.78 is 0. The number of thioether (sulfide) groups is 1. The van der Waals surface area contributed by atoms with Gasteiger partial charge in [0, 0.05) is 25.8 Å². The van der Waals surface area contributed by atoms with Gasteiger partial charge in [-0.1, -0.05) is 0 Å². The van der Waals surface area contributed by atoms with Crippen LogP contribution in [0.5, 0.6) is 0 Å². The molecule has 0 bridgehead atoms. The molecule has 2 rings (SSSR count). The van der Waals surface area contributed by atoms with Crippen LogP contribution in [0.3, 0.4) is 0 Å². The molecule has 0 spiro atoms. The molecule has 0 radical (unpaired) electrons. The van der Waals surface area contributed by atoms with Gasteiger partial charge in [-0.25, -0.2) is 0 Å². The first-order valence-corrected chi connectivity index (χ1v) is 7.52. The molecule has 2 heterocycles. The van der Waals surface area contributed by atoms with Crippen LogP contribution in [0.25, 0.3) is 0 Å². The van der Waals surface area contributed by atoms with E-state index in [1.807, 2.05) is 0 Å². The highest BCUT2D eigenvalue weighted by Gasteiger charge is 2.37. The van der Waals surface area contributed by atoms with Gasteiger partial charge in [0.1, 0.15) is 6.04 Å². The van der Waals surface area contributed by atoms with E-state index in [-0.39, 0.29) is 23.8 Å². The number of carbonyl (C=O) groups excluding carboxylic acids is 2. The van der Waals surface area contributed by atoms with Gasteiger partial charge in [0.05, 0.1) is 11.8 Å². The molecule has 106 valence electrons. The van der Waals surface area contributed by atoms with Gasteiger partial charge in [0.25, 0.3) is 0 Å². The van der Waals surface area contributed by atoms with Crippen molar-refractivity contribution >= 4 is 29.5 Å². The Morgan fingerprint density at radius 3 is 2.37 bits per heavy atom. The molecule has 2 aliphatic rings. The van der Waals surface area contributed by atoms with E-state index < -0.39 is 5.97 Å². The lowest BCUT2D eigenvalue weighted by Gasteiger charge is -2.33. The number of carboxylic acids is 1. The molecule has 2 aliphatic heterocycles. The van der Waals surface area contributed by atoms with Crippen LogP contribution in [0, 0.1) is 5.92 Å². The van der Waals surface area contributed by atoms with Crippen molar-refractivity contribution in [1.82, 2.24) is 9.80 Å². The Labute approximate surface area is 116 Å². The highest BCUT2D eigenvalue weighted by atomic mass is 32.2. The maximum atomic E-state index is 12.4. The van der Waals surface area contributed by atoms with Gasteiger partial charge in [0.2, 0.25) is 11.8 Å². The SMILES string of the molecule is CC(=O)N1CSCC1C(=O)N1CCC(C(=O)O)CC1. The Kier molecular flexibility index (Phi) is 4.34. The standard InChI is InChI=1S/C12H18N2O4S/c1-8(15)14-7-19-6-10(14)11(16)13-4-2-9(3-5-13)12(17)18/h9-10H,2-7H2,1H3,(H,17,18). The molecular formula is C12H18N2O4S. The van der Waals surface area contributed by atoms with Crippen LogP contribution in [0.1, 0.15) is 19.8 Å². The van der Waals surface area contributed by atoms with Crippen LogP contribution in [-0.4, -0.2) is 63.5 Å². The molecule has 1 atom stereocenters. The summed E-state index contributed by atoms with van der Waals surface area (Å²) in [6.07, 6.45) is 1.00. The predicted octanol–water partition coefficient (Wildman–Crippen LogP) is 0.231. The van der Waals surface area contributed by atoms with E-state index >= 15 is 0 Å². The summed E-state index contributed by atoms with van der Waals surface area (Å²) in [5, 5.41) is 8.93. The number of nitrogens with zero attached hydrogens (tertiary/aromatic N) is 2. The third-order valence-corrected chi connectivity index (χ3v) is 4.74. The number of carbonyl (C=O) groups is 3. The van der Waals surface area contributed by atoms with Crippen molar-refractivity contribution in [3.8, 4) is 0 Å². The van der Waals surface area contributed by atoms with Gasteiger partial charge in [-0.15, -0.1) is 11.8 Å². The van der Waals surface area contributed by atoms with Crippen LogP contribution in [0.4, 0.5) is 0 Å². The molecular weight excluding hydrogens is 268 g/mol. The van der Waals surface area contributed by atoms with Crippen molar-refractivity contribution in [3.05, 3.63) is 0 Å². The molecule has 2 fully saturated rings. The van der Waals surface area contributed by atoms with E-state index in [0.29, 0.717) is 37.6 Å². The topological polar surface area (TPSA) is 77.9 Å². The molecule has 0 aromatic heterocycles.